The molecule has 0 fully saturated rings. The molecule has 0 saturated heterocycles. The van der Waals surface area contributed by atoms with Crippen LogP contribution in [0.25, 0.3) is 0 Å². The molecule has 12 heavy (non-hydrogen) atoms. The Balaban J connectivity index is 3.09. The fourth-order valence-corrected chi connectivity index (χ4v) is 1.61. The normalized spacial score (nSPS) is 10.4. The van der Waals surface area contributed by atoms with E-state index in [9.17, 15) is 0 Å². The summed E-state index contributed by atoms with van der Waals surface area (Å²) in [6, 6.07) is 8.18. The van der Waals surface area contributed by atoms with Crippen LogP contribution in [0.3, 0.4) is 0 Å². The largest absolute Gasteiger partial charge is 0.251 e. The van der Waals surface area contributed by atoms with Crippen LogP contribution < -0.4 is 9.06 Å². The molecular formula is C9H13IN2. The van der Waals surface area contributed by atoms with Gasteiger partial charge in [-0.2, -0.15) is 0 Å². The minimum Gasteiger partial charge on any atom is -0.251 e. The lowest BCUT2D eigenvalue weighted by Crippen LogP contribution is -2.19. The van der Waals surface area contributed by atoms with Crippen molar-refractivity contribution in [3.63, 3.8) is 0 Å². The molecule has 1 aromatic rings. The maximum absolute atomic E-state index is 5.67. The van der Waals surface area contributed by atoms with Crippen LogP contribution in [0, 0.1) is 0 Å². The monoisotopic (exact) mass is 276 g/mol. The number of hydrogen-bond acceptors (Lipinski definition) is 2. The Kier molecular flexibility index (Phi) is 3.34. The van der Waals surface area contributed by atoms with Crippen LogP contribution in [0.2, 0.25) is 0 Å². The van der Waals surface area contributed by atoms with Crippen LogP contribution in [0.4, 0.5) is 5.69 Å². The van der Waals surface area contributed by atoms with Gasteiger partial charge in [0.25, 0.3) is 0 Å². The highest BCUT2D eigenvalue weighted by Gasteiger charge is 2.07. The number of para-hydroxylation sites is 1. The molecule has 0 unspecified atom stereocenters. The van der Waals surface area contributed by atoms with E-state index >= 15 is 0 Å². The van der Waals surface area contributed by atoms with Gasteiger partial charge in [-0.05, 0) is 17.5 Å². The quantitative estimate of drug-likeness (QED) is 0.389. The fourth-order valence-electron chi connectivity index (χ4n) is 1.17. The van der Waals surface area contributed by atoms with Crippen molar-refractivity contribution in [3.8, 4) is 0 Å². The summed E-state index contributed by atoms with van der Waals surface area (Å²) < 4.78 is 1.63. The van der Waals surface area contributed by atoms with Gasteiger partial charge in [-0.25, -0.2) is 5.84 Å². The van der Waals surface area contributed by atoms with Crippen LogP contribution >= 0.6 is 22.9 Å². The highest BCUT2D eigenvalue weighted by atomic mass is 127. The van der Waals surface area contributed by atoms with E-state index in [-0.39, 0.29) is 0 Å². The van der Waals surface area contributed by atoms with Gasteiger partial charge in [0.2, 0.25) is 0 Å². The zero-order chi connectivity index (χ0) is 9.14. The second kappa shape index (κ2) is 4.09. The van der Waals surface area contributed by atoms with Crippen molar-refractivity contribution in [2.24, 2.45) is 5.84 Å². The van der Waals surface area contributed by atoms with E-state index in [1.165, 1.54) is 5.56 Å². The second-order valence-electron chi connectivity index (χ2n) is 3.02. The summed E-state index contributed by atoms with van der Waals surface area (Å²) >= 11 is 2.08. The summed E-state index contributed by atoms with van der Waals surface area (Å²) in [5.41, 5.74) is 2.38. The predicted molar refractivity (Wildman–Crippen MR) is 61.2 cm³/mol. The third-order valence-corrected chi connectivity index (χ3v) is 2.31. The molecule has 0 bridgehead atoms. The molecule has 0 atom stereocenters. The maximum atomic E-state index is 5.67. The van der Waals surface area contributed by atoms with Gasteiger partial charge >= 0.3 is 0 Å². The van der Waals surface area contributed by atoms with Crippen molar-refractivity contribution in [3.05, 3.63) is 29.8 Å². The third kappa shape index (κ3) is 2.10. The number of rotatable bonds is 2. The molecule has 0 spiro atoms. The zero-order valence-corrected chi connectivity index (χ0v) is 9.45. The lowest BCUT2D eigenvalue weighted by molar-refractivity contribution is 0.864. The molecule has 1 rings (SSSR count). The van der Waals surface area contributed by atoms with Gasteiger partial charge in [0.05, 0.1) is 28.6 Å². The Hall–Kier alpha value is -0.290. The van der Waals surface area contributed by atoms with Gasteiger partial charge < -0.3 is 0 Å². The van der Waals surface area contributed by atoms with Crippen LogP contribution in [0.15, 0.2) is 24.3 Å². The molecule has 0 heterocycles. The van der Waals surface area contributed by atoms with Crippen molar-refractivity contribution >= 4 is 28.6 Å². The molecule has 0 amide bonds. The maximum Gasteiger partial charge on any atom is 0.0765 e. The fraction of sp³-hybridized carbons (Fsp3) is 0.333. The van der Waals surface area contributed by atoms with E-state index < -0.39 is 0 Å². The van der Waals surface area contributed by atoms with Gasteiger partial charge in [0, 0.05) is 0 Å². The lowest BCUT2D eigenvalue weighted by atomic mass is 10.0. The molecule has 0 aliphatic heterocycles. The number of anilines is 1. The zero-order valence-electron chi connectivity index (χ0n) is 7.29. The predicted octanol–water partition coefficient (Wildman–Crippen LogP) is 2.84. The topological polar surface area (TPSA) is 29.3 Å². The first-order valence-electron chi connectivity index (χ1n) is 3.92. The van der Waals surface area contributed by atoms with E-state index in [1.807, 2.05) is 18.2 Å². The summed E-state index contributed by atoms with van der Waals surface area (Å²) in [6.07, 6.45) is 0. The van der Waals surface area contributed by atoms with Crippen molar-refractivity contribution in [1.29, 1.82) is 0 Å². The lowest BCUT2D eigenvalue weighted by Gasteiger charge is -2.16. The van der Waals surface area contributed by atoms with Gasteiger partial charge in [0.1, 0.15) is 0 Å². The minimum absolute atomic E-state index is 0.516. The molecule has 0 aromatic heterocycles. The Bertz CT molecular complexity index is 231. The molecule has 1 aromatic carbocycles. The number of nitrogens with zero attached hydrogens (tertiary/aromatic N) is 1. The second-order valence-corrected chi connectivity index (χ2v) is 4.06. The highest BCUT2D eigenvalue weighted by molar-refractivity contribution is 14.1. The van der Waals surface area contributed by atoms with E-state index in [0.29, 0.717) is 5.92 Å². The van der Waals surface area contributed by atoms with Crippen LogP contribution in [0.5, 0.6) is 0 Å². The minimum atomic E-state index is 0.516. The van der Waals surface area contributed by atoms with E-state index in [2.05, 4.69) is 42.8 Å². The SMILES string of the molecule is CC(C)c1ccccc1N(N)I. The van der Waals surface area contributed by atoms with Gasteiger partial charge in [-0.15, -0.1) is 0 Å². The Morgan fingerprint density at radius 1 is 1.33 bits per heavy atom. The number of benzene rings is 1. The Morgan fingerprint density at radius 3 is 2.33 bits per heavy atom. The summed E-state index contributed by atoms with van der Waals surface area (Å²) in [4.78, 5) is 0. The van der Waals surface area contributed by atoms with Gasteiger partial charge in [-0.1, -0.05) is 32.0 Å². The highest BCUT2D eigenvalue weighted by Crippen LogP contribution is 2.26. The van der Waals surface area contributed by atoms with E-state index in [0.717, 1.165) is 5.69 Å². The summed E-state index contributed by atoms with van der Waals surface area (Å²) in [5, 5.41) is 0. The summed E-state index contributed by atoms with van der Waals surface area (Å²) in [7, 11) is 0. The molecule has 2 nitrogen and oxygen atoms in total. The van der Waals surface area contributed by atoms with Crippen molar-refractivity contribution in [2.75, 3.05) is 3.22 Å². The van der Waals surface area contributed by atoms with Crippen LogP contribution in [-0.4, -0.2) is 0 Å². The van der Waals surface area contributed by atoms with Crippen LogP contribution in [-0.2, 0) is 0 Å². The van der Waals surface area contributed by atoms with Crippen molar-refractivity contribution in [2.45, 2.75) is 19.8 Å². The molecular weight excluding hydrogens is 263 g/mol. The van der Waals surface area contributed by atoms with Gasteiger partial charge in [0.15, 0.2) is 0 Å². The van der Waals surface area contributed by atoms with Crippen molar-refractivity contribution in [1.82, 2.24) is 0 Å². The average molecular weight is 276 g/mol. The molecule has 0 aliphatic rings. The van der Waals surface area contributed by atoms with Crippen LogP contribution in [0.1, 0.15) is 25.3 Å². The first-order chi connectivity index (χ1) is 5.63. The van der Waals surface area contributed by atoms with Gasteiger partial charge in [-0.3, -0.25) is 3.22 Å². The summed E-state index contributed by atoms with van der Waals surface area (Å²) in [6.45, 7) is 4.33. The summed E-state index contributed by atoms with van der Waals surface area (Å²) in [5.74, 6) is 6.19. The molecule has 0 radical (unpaired) electrons. The molecule has 2 N–H and O–H groups in total. The number of nitrogens with two attached hydrogens (primary N) is 1. The average Bonchev–Trinajstić information content (AvgIpc) is 2.04. The van der Waals surface area contributed by atoms with E-state index in [1.54, 1.807) is 3.22 Å². The number of hydrazine groups is 1. The number of hydrogen-bond donors (Lipinski definition) is 1. The third-order valence-electron chi connectivity index (χ3n) is 1.79. The molecule has 3 heteroatoms. The first-order valence-corrected chi connectivity index (χ1v) is 4.89. The molecule has 0 saturated carbocycles. The Morgan fingerprint density at radius 2 is 1.92 bits per heavy atom. The van der Waals surface area contributed by atoms with Crippen molar-refractivity contribution < 1.29 is 0 Å². The molecule has 0 aliphatic carbocycles. The first kappa shape index (κ1) is 9.80. The number of halogens is 1. The standard InChI is InChI=1S/C9H13IN2/c1-7(2)8-5-3-4-6-9(8)12(10)11/h3-7H,11H2,1-2H3. The Labute approximate surface area is 87.2 Å². The van der Waals surface area contributed by atoms with E-state index in [4.69, 9.17) is 5.84 Å². The smallest absolute Gasteiger partial charge is 0.0765 e. The molecule has 66 valence electrons.